The van der Waals surface area contributed by atoms with Crippen LogP contribution in [0.3, 0.4) is 0 Å². The van der Waals surface area contributed by atoms with Gasteiger partial charge in [0.2, 0.25) is 5.91 Å². The molecule has 1 amide bonds. The number of ether oxygens (including phenoxy) is 2. The molecule has 0 saturated heterocycles. The van der Waals surface area contributed by atoms with Gasteiger partial charge in [-0.05, 0) is 43.0 Å². The monoisotopic (exact) mass is 319 g/mol. The molecule has 22 heavy (non-hydrogen) atoms. The molecule has 0 aliphatic rings. The van der Waals surface area contributed by atoms with E-state index in [1.807, 2.05) is 48.7 Å². The zero-order valence-electron chi connectivity index (χ0n) is 13.0. The SMILES string of the molecule is COc1cccc(COC(C)C(=O)NC(C)c2cccs2)c1. The van der Waals surface area contributed by atoms with Crippen LogP contribution in [0.2, 0.25) is 0 Å². The van der Waals surface area contributed by atoms with E-state index in [0.29, 0.717) is 6.61 Å². The van der Waals surface area contributed by atoms with Crippen LogP contribution in [0, 0.1) is 0 Å². The molecule has 0 bridgehead atoms. The standard InChI is InChI=1S/C17H21NO3S/c1-12(16-8-5-9-22-16)18-17(19)13(2)21-11-14-6-4-7-15(10-14)20-3/h4-10,12-13H,11H2,1-3H3,(H,18,19). The zero-order valence-corrected chi connectivity index (χ0v) is 13.9. The van der Waals surface area contributed by atoms with E-state index >= 15 is 0 Å². The van der Waals surface area contributed by atoms with Gasteiger partial charge in [0, 0.05) is 4.88 Å². The molecule has 1 N–H and O–H groups in total. The Balaban J connectivity index is 1.83. The summed E-state index contributed by atoms with van der Waals surface area (Å²) >= 11 is 1.63. The smallest absolute Gasteiger partial charge is 0.249 e. The fourth-order valence-electron chi connectivity index (χ4n) is 2.00. The molecule has 4 nitrogen and oxygen atoms in total. The maximum absolute atomic E-state index is 12.1. The molecule has 2 atom stereocenters. The number of rotatable bonds is 7. The van der Waals surface area contributed by atoms with Gasteiger partial charge in [-0.15, -0.1) is 11.3 Å². The van der Waals surface area contributed by atoms with Gasteiger partial charge in [0.15, 0.2) is 0 Å². The van der Waals surface area contributed by atoms with E-state index in [0.717, 1.165) is 16.2 Å². The van der Waals surface area contributed by atoms with Gasteiger partial charge < -0.3 is 14.8 Å². The molecule has 118 valence electrons. The largest absolute Gasteiger partial charge is 0.497 e. The first-order valence-electron chi connectivity index (χ1n) is 7.18. The van der Waals surface area contributed by atoms with Crippen molar-refractivity contribution in [3.63, 3.8) is 0 Å². The molecule has 2 rings (SSSR count). The second-order valence-electron chi connectivity index (χ2n) is 5.05. The number of amides is 1. The van der Waals surface area contributed by atoms with Crippen LogP contribution in [0.25, 0.3) is 0 Å². The number of carbonyl (C=O) groups is 1. The van der Waals surface area contributed by atoms with Crippen LogP contribution in [-0.4, -0.2) is 19.1 Å². The predicted molar refractivity (Wildman–Crippen MR) is 88.1 cm³/mol. The molecule has 0 fully saturated rings. The molecule has 2 aromatic rings. The Morgan fingerprint density at radius 3 is 2.77 bits per heavy atom. The molecule has 0 aliphatic heterocycles. The second-order valence-corrected chi connectivity index (χ2v) is 6.03. The first kappa shape index (κ1) is 16.5. The summed E-state index contributed by atoms with van der Waals surface area (Å²) in [7, 11) is 1.63. The van der Waals surface area contributed by atoms with E-state index in [1.165, 1.54) is 0 Å². The van der Waals surface area contributed by atoms with E-state index in [2.05, 4.69) is 5.32 Å². The Morgan fingerprint density at radius 2 is 2.09 bits per heavy atom. The summed E-state index contributed by atoms with van der Waals surface area (Å²) in [4.78, 5) is 13.3. The highest BCUT2D eigenvalue weighted by Gasteiger charge is 2.17. The number of carbonyl (C=O) groups excluding carboxylic acids is 1. The molecule has 0 aliphatic carbocycles. The molecular formula is C17H21NO3S. The Hall–Kier alpha value is -1.85. The Bertz CT molecular complexity index is 598. The molecule has 1 heterocycles. The van der Waals surface area contributed by atoms with Crippen LogP contribution in [0.15, 0.2) is 41.8 Å². The second kappa shape index (κ2) is 7.96. The van der Waals surface area contributed by atoms with Crippen LogP contribution in [0.5, 0.6) is 5.75 Å². The number of thiophene rings is 1. The molecule has 5 heteroatoms. The minimum absolute atomic E-state index is 0.00429. The fraction of sp³-hybridized carbons (Fsp3) is 0.353. The molecule has 1 aromatic heterocycles. The third-order valence-corrected chi connectivity index (χ3v) is 4.39. The van der Waals surface area contributed by atoms with Crippen molar-refractivity contribution in [2.45, 2.75) is 32.6 Å². The number of benzene rings is 1. The summed E-state index contributed by atoms with van der Waals surface area (Å²) in [6.45, 7) is 4.11. The van der Waals surface area contributed by atoms with Gasteiger partial charge in [0.25, 0.3) is 0 Å². The van der Waals surface area contributed by atoms with Gasteiger partial charge in [-0.3, -0.25) is 4.79 Å². The van der Waals surface area contributed by atoms with Crippen LogP contribution in [0.1, 0.15) is 30.3 Å². The lowest BCUT2D eigenvalue weighted by atomic mass is 10.2. The summed E-state index contributed by atoms with van der Waals surface area (Å²) in [5, 5.41) is 4.96. The molecular weight excluding hydrogens is 298 g/mol. The summed E-state index contributed by atoms with van der Waals surface area (Å²) in [5.41, 5.74) is 0.977. The molecule has 2 unspecified atom stereocenters. The van der Waals surface area contributed by atoms with Crippen LogP contribution in [0.4, 0.5) is 0 Å². The first-order valence-corrected chi connectivity index (χ1v) is 8.06. The number of methoxy groups -OCH3 is 1. The number of hydrogen-bond acceptors (Lipinski definition) is 4. The summed E-state index contributed by atoms with van der Waals surface area (Å²) < 4.78 is 10.8. The van der Waals surface area contributed by atoms with E-state index in [9.17, 15) is 4.79 Å². The normalized spacial score (nSPS) is 13.4. The molecule has 0 radical (unpaired) electrons. The highest BCUT2D eigenvalue weighted by molar-refractivity contribution is 7.10. The van der Waals surface area contributed by atoms with Gasteiger partial charge in [-0.1, -0.05) is 18.2 Å². The Morgan fingerprint density at radius 1 is 1.27 bits per heavy atom. The summed E-state index contributed by atoms with van der Waals surface area (Å²) in [6.07, 6.45) is -0.506. The minimum Gasteiger partial charge on any atom is -0.497 e. The molecule has 0 saturated carbocycles. The number of hydrogen-bond donors (Lipinski definition) is 1. The fourth-order valence-corrected chi connectivity index (χ4v) is 2.73. The lowest BCUT2D eigenvalue weighted by Crippen LogP contribution is -2.35. The average molecular weight is 319 g/mol. The first-order chi connectivity index (χ1) is 10.6. The maximum Gasteiger partial charge on any atom is 0.249 e. The zero-order chi connectivity index (χ0) is 15.9. The van der Waals surface area contributed by atoms with Crippen molar-refractivity contribution in [1.29, 1.82) is 0 Å². The van der Waals surface area contributed by atoms with Crippen molar-refractivity contribution in [2.24, 2.45) is 0 Å². The highest BCUT2D eigenvalue weighted by atomic mass is 32.1. The van der Waals surface area contributed by atoms with E-state index in [-0.39, 0.29) is 11.9 Å². The lowest BCUT2D eigenvalue weighted by molar-refractivity contribution is -0.133. The van der Waals surface area contributed by atoms with Gasteiger partial charge in [-0.25, -0.2) is 0 Å². The lowest BCUT2D eigenvalue weighted by Gasteiger charge is -2.17. The van der Waals surface area contributed by atoms with E-state index in [1.54, 1.807) is 25.4 Å². The van der Waals surface area contributed by atoms with Gasteiger partial charge in [-0.2, -0.15) is 0 Å². The summed E-state index contributed by atoms with van der Waals surface area (Å²) in [6, 6.07) is 11.6. The van der Waals surface area contributed by atoms with Crippen LogP contribution < -0.4 is 10.1 Å². The van der Waals surface area contributed by atoms with Crippen LogP contribution in [-0.2, 0) is 16.1 Å². The quantitative estimate of drug-likeness (QED) is 0.849. The topological polar surface area (TPSA) is 47.6 Å². The molecule has 0 spiro atoms. The van der Waals surface area contributed by atoms with Crippen molar-refractivity contribution in [1.82, 2.24) is 5.32 Å². The van der Waals surface area contributed by atoms with E-state index < -0.39 is 6.10 Å². The third-order valence-electron chi connectivity index (χ3n) is 3.33. The van der Waals surface area contributed by atoms with Crippen molar-refractivity contribution in [3.05, 3.63) is 52.2 Å². The van der Waals surface area contributed by atoms with Gasteiger partial charge >= 0.3 is 0 Å². The van der Waals surface area contributed by atoms with Gasteiger partial charge in [0.05, 0.1) is 19.8 Å². The number of nitrogens with one attached hydrogen (secondary N) is 1. The third kappa shape index (κ3) is 4.58. The summed E-state index contributed by atoms with van der Waals surface area (Å²) in [5.74, 6) is 0.674. The van der Waals surface area contributed by atoms with Crippen molar-refractivity contribution in [3.8, 4) is 5.75 Å². The van der Waals surface area contributed by atoms with Crippen molar-refractivity contribution in [2.75, 3.05) is 7.11 Å². The van der Waals surface area contributed by atoms with Gasteiger partial charge in [0.1, 0.15) is 11.9 Å². The average Bonchev–Trinajstić information content (AvgIpc) is 3.07. The van der Waals surface area contributed by atoms with E-state index in [4.69, 9.17) is 9.47 Å². The van der Waals surface area contributed by atoms with Crippen LogP contribution >= 0.6 is 11.3 Å². The Labute approximate surface area is 135 Å². The van der Waals surface area contributed by atoms with Crippen molar-refractivity contribution < 1.29 is 14.3 Å². The minimum atomic E-state index is -0.506. The van der Waals surface area contributed by atoms with Crippen molar-refractivity contribution >= 4 is 17.2 Å². The maximum atomic E-state index is 12.1. The Kier molecular flexibility index (Phi) is 5.98. The molecule has 1 aromatic carbocycles. The highest BCUT2D eigenvalue weighted by Crippen LogP contribution is 2.18. The predicted octanol–water partition coefficient (Wildman–Crippen LogP) is 3.54.